The molecule has 0 aliphatic heterocycles. The molecular formula is C22H26F2N6OSi. The number of hydrogen-bond acceptors (Lipinski definition) is 5. The summed E-state index contributed by atoms with van der Waals surface area (Å²) in [6, 6.07) is 6.82. The molecule has 7 nitrogen and oxygen atoms in total. The summed E-state index contributed by atoms with van der Waals surface area (Å²) < 4.78 is 38.2. The van der Waals surface area contributed by atoms with Gasteiger partial charge in [0, 0.05) is 26.4 Å². The third-order valence-electron chi connectivity index (χ3n) is 5.30. The second kappa shape index (κ2) is 8.44. The van der Waals surface area contributed by atoms with Gasteiger partial charge in [-0.05, 0) is 31.2 Å². The summed E-state index contributed by atoms with van der Waals surface area (Å²) in [4.78, 5) is 4.48. The Morgan fingerprint density at radius 1 is 1.09 bits per heavy atom. The lowest BCUT2D eigenvalue weighted by atomic mass is 10.0. The first kappa shape index (κ1) is 22.1. The van der Waals surface area contributed by atoms with Crippen molar-refractivity contribution in [2.45, 2.75) is 39.3 Å². The van der Waals surface area contributed by atoms with Gasteiger partial charge in [0.15, 0.2) is 11.6 Å². The second-order valence-electron chi connectivity index (χ2n) is 8.98. The van der Waals surface area contributed by atoms with Crippen molar-refractivity contribution in [3.05, 3.63) is 54.2 Å². The molecule has 0 atom stereocenters. The number of fused-ring (bicyclic) bond motifs is 1. The number of aromatic nitrogens is 5. The number of anilines is 1. The van der Waals surface area contributed by atoms with Gasteiger partial charge in [-0.15, -0.1) is 10.2 Å². The highest BCUT2D eigenvalue weighted by atomic mass is 28.3. The van der Waals surface area contributed by atoms with Gasteiger partial charge in [-0.1, -0.05) is 25.7 Å². The molecule has 10 heteroatoms. The number of rotatable bonds is 7. The SMILES string of the molecule is Cc1nnc(-c2ncn3cc(-c4c(F)ccc(N)c4F)ccc23)n1COCC[Si](C)(C)C. The first-order chi connectivity index (χ1) is 15.2. The molecule has 0 saturated heterocycles. The lowest BCUT2D eigenvalue weighted by Gasteiger charge is -2.16. The monoisotopic (exact) mass is 456 g/mol. The van der Waals surface area contributed by atoms with Crippen molar-refractivity contribution in [3.8, 4) is 22.6 Å². The average molecular weight is 457 g/mol. The Morgan fingerprint density at radius 3 is 2.62 bits per heavy atom. The van der Waals surface area contributed by atoms with Crippen molar-refractivity contribution in [2.24, 2.45) is 0 Å². The quantitative estimate of drug-likeness (QED) is 0.247. The lowest BCUT2D eigenvalue weighted by molar-refractivity contribution is 0.0866. The maximum atomic E-state index is 14.5. The third kappa shape index (κ3) is 4.28. The fourth-order valence-corrected chi connectivity index (χ4v) is 4.16. The van der Waals surface area contributed by atoms with Crippen molar-refractivity contribution in [3.63, 3.8) is 0 Å². The standard InChI is InChI=1S/C22H26F2N6OSi/c1-14-27-28-22(30(14)13-31-9-10-32(2,3)4)21-18-8-5-15(11-29(18)12-26-21)19-16(23)6-7-17(25)20(19)24/h5-8,11-12H,9-10,13,25H2,1-4H3. The van der Waals surface area contributed by atoms with E-state index in [-0.39, 0.29) is 11.3 Å². The Labute approximate surface area is 185 Å². The van der Waals surface area contributed by atoms with E-state index in [4.69, 9.17) is 10.5 Å². The summed E-state index contributed by atoms with van der Waals surface area (Å²) in [5, 5.41) is 8.47. The Balaban J connectivity index is 1.66. The highest BCUT2D eigenvalue weighted by Crippen LogP contribution is 2.31. The van der Waals surface area contributed by atoms with Crippen LogP contribution in [0.15, 0.2) is 36.8 Å². The van der Waals surface area contributed by atoms with Crippen LogP contribution < -0.4 is 5.73 Å². The first-order valence-corrected chi connectivity index (χ1v) is 14.0. The van der Waals surface area contributed by atoms with Crippen LogP contribution in [0.4, 0.5) is 14.5 Å². The van der Waals surface area contributed by atoms with Crippen LogP contribution in [-0.4, -0.2) is 38.8 Å². The molecule has 3 aromatic heterocycles. The molecule has 0 amide bonds. The Kier molecular flexibility index (Phi) is 5.82. The molecular weight excluding hydrogens is 430 g/mol. The van der Waals surface area contributed by atoms with Crippen molar-refractivity contribution >= 4 is 19.3 Å². The molecule has 0 saturated carbocycles. The van der Waals surface area contributed by atoms with E-state index in [9.17, 15) is 8.78 Å². The largest absolute Gasteiger partial charge is 0.396 e. The molecule has 168 valence electrons. The number of nitrogens with two attached hydrogens (primary N) is 1. The zero-order chi connectivity index (χ0) is 23.0. The molecule has 1 aromatic carbocycles. The van der Waals surface area contributed by atoms with Crippen molar-refractivity contribution < 1.29 is 13.5 Å². The van der Waals surface area contributed by atoms with E-state index in [0.717, 1.165) is 23.5 Å². The number of imidazole rings is 1. The number of benzene rings is 1. The number of ether oxygens (including phenoxy) is 1. The topological polar surface area (TPSA) is 83.3 Å². The van der Waals surface area contributed by atoms with Gasteiger partial charge in [-0.3, -0.25) is 4.57 Å². The number of aryl methyl sites for hydroxylation is 1. The smallest absolute Gasteiger partial charge is 0.186 e. The molecule has 0 radical (unpaired) electrons. The molecule has 0 fully saturated rings. The van der Waals surface area contributed by atoms with Gasteiger partial charge in [-0.2, -0.15) is 0 Å². The van der Waals surface area contributed by atoms with E-state index < -0.39 is 19.7 Å². The second-order valence-corrected chi connectivity index (χ2v) is 14.6. The van der Waals surface area contributed by atoms with Crippen LogP contribution in [0.25, 0.3) is 28.2 Å². The number of pyridine rings is 1. The maximum absolute atomic E-state index is 14.5. The third-order valence-corrected chi connectivity index (χ3v) is 7.01. The summed E-state index contributed by atoms with van der Waals surface area (Å²) in [6.07, 6.45) is 3.20. The van der Waals surface area contributed by atoms with Crippen LogP contribution in [0.5, 0.6) is 0 Å². The zero-order valence-electron chi connectivity index (χ0n) is 18.6. The Morgan fingerprint density at radius 2 is 1.88 bits per heavy atom. The summed E-state index contributed by atoms with van der Waals surface area (Å²) in [7, 11) is -1.18. The lowest BCUT2D eigenvalue weighted by Crippen LogP contribution is -2.22. The number of hydrogen-bond donors (Lipinski definition) is 1. The van der Waals surface area contributed by atoms with Gasteiger partial charge >= 0.3 is 0 Å². The van der Waals surface area contributed by atoms with Gasteiger partial charge in [0.2, 0.25) is 0 Å². The van der Waals surface area contributed by atoms with Gasteiger partial charge < -0.3 is 14.9 Å². The van der Waals surface area contributed by atoms with Gasteiger partial charge in [-0.25, -0.2) is 13.8 Å². The molecule has 3 heterocycles. The minimum absolute atomic E-state index is 0.106. The Hall–Kier alpha value is -3.11. The van der Waals surface area contributed by atoms with Crippen LogP contribution in [-0.2, 0) is 11.5 Å². The highest BCUT2D eigenvalue weighted by molar-refractivity contribution is 6.76. The molecule has 4 aromatic rings. The molecule has 0 unspecified atom stereocenters. The fraction of sp³-hybridized carbons (Fsp3) is 0.318. The van der Waals surface area contributed by atoms with Gasteiger partial charge in [0.1, 0.15) is 30.4 Å². The van der Waals surface area contributed by atoms with E-state index in [1.54, 1.807) is 29.1 Å². The summed E-state index contributed by atoms with van der Waals surface area (Å²) in [5.41, 5.74) is 7.05. The molecule has 0 aliphatic carbocycles. The predicted molar refractivity (Wildman–Crippen MR) is 123 cm³/mol. The average Bonchev–Trinajstić information content (AvgIpc) is 3.30. The predicted octanol–water partition coefficient (Wildman–Crippen LogP) is 4.74. The molecule has 2 N–H and O–H groups in total. The van der Waals surface area contributed by atoms with Gasteiger partial charge in [0.05, 0.1) is 16.8 Å². The van der Waals surface area contributed by atoms with E-state index in [0.29, 0.717) is 30.4 Å². The highest BCUT2D eigenvalue weighted by Gasteiger charge is 2.19. The first-order valence-electron chi connectivity index (χ1n) is 10.3. The van der Waals surface area contributed by atoms with Crippen molar-refractivity contribution in [2.75, 3.05) is 12.3 Å². The van der Waals surface area contributed by atoms with Crippen LogP contribution in [0.3, 0.4) is 0 Å². The molecule has 4 rings (SSSR count). The van der Waals surface area contributed by atoms with E-state index in [2.05, 4.69) is 34.8 Å². The summed E-state index contributed by atoms with van der Waals surface area (Å²) in [6.45, 7) is 9.78. The normalized spacial score (nSPS) is 12.1. The van der Waals surface area contributed by atoms with Crippen LogP contribution in [0, 0.1) is 18.6 Å². The molecule has 0 bridgehead atoms. The van der Waals surface area contributed by atoms with E-state index >= 15 is 0 Å². The molecule has 0 spiro atoms. The van der Waals surface area contributed by atoms with Crippen LogP contribution >= 0.6 is 0 Å². The van der Waals surface area contributed by atoms with Crippen LogP contribution in [0.1, 0.15) is 5.82 Å². The zero-order valence-corrected chi connectivity index (χ0v) is 19.6. The number of halogens is 2. The molecule has 32 heavy (non-hydrogen) atoms. The fourth-order valence-electron chi connectivity index (χ4n) is 3.40. The van der Waals surface area contributed by atoms with Crippen molar-refractivity contribution in [1.82, 2.24) is 24.1 Å². The summed E-state index contributed by atoms with van der Waals surface area (Å²) >= 11 is 0. The number of nitrogen functional groups attached to an aromatic ring is 1. The minimum atomic E-state index is -1.18. The molecule has 0 aliphatic rings. The minimum Gasteiger partial charge on any atom is -0.396 e. The van der Waals surface area contributed by atoms with E-state index in [1.807, 2.05) is 11.5 Å². The van der Waals surface area contributed by atoms with E-state index in [1.165, 1.54) is 6.07 Å². The number of nitrogens with zero attached hydrogens (tertiary/aromatic N) is 5. The van der Waals surface area contributed by atoms with Gasteiger partial charge in [0.25, 0.3) is 0 Å². The maximum Gasteiger partial charge on any atom is 0.186 e. The van der Waals surface area contributed by atoms with Crippen LogP contribution in [0.2, 0.25) is 25.7 Å². The van der Waals surface area contributed by atoms with Crippen molar-refractivity contribution in [1.29, 1.82) is 0 Å². The summed E-state index contributed by atoms with van der Waals surface area (Å²) in [5.74, 6) is -0.167. The Bertz CT molecular complexity index is 1280.